The van der Waals surface area contributed by atoms with E-state index in [4.69, 9.17) is 0 Å². The van der Waals surface area contributed by atoms with Crippen LogP contribution in [0.2, 0.25) is 5.82 Å². The van der Waals surface area contributed by atoms with Crippen LogP contribution < -0.4 is 0 Å². The molecule has 0 aliphatic heterocycles. The third kappa shape index (κ3) is 14.2. The summed E-state index contributed by atoms with van der Waals surface area (Å²) in [4.78, 5) is 11.8. The van der Waals surface area contributed by atoms with Gasteiger partial charge in [-0.05, 0) is 13.0 Å². The molecular weight excluding hydrogens is 255 g/mol. The normalized spacial score (nSPS) is 11.4. The molecule has 1 nitrogen and oxygen atoms in total. The standard InChI is InChI=1S/C19H37BO/c1-4-7-9-11-13-16-18(20-19(21)15-6-3)17-14-12-10-8-5-2/h6,15,18,20H,4-5,7-14,16-17H2,1-3H3/b15-6+. The molecule has 0 saturated heterocycles. The average Bonchev–Trinajstić information content (AvgIpc) is 2.46. The minimum absolute atomic E-state index is 0.324. The summed E-state index contributed by atoms with van der Waals surface area (Å²) in [6, 6.07) is 0. The molecule has 2 heteroatoms. The SMILES string of the molecule is C/C=C/C(=O)BC(CCCCCCC)CCCCCCC. The Hall–Kier alpha value is -0.525. The largest absolute Gasteiger partial charge is 0.307 e. The molecule has 21 heavy (non-hydrogen) atoms. The fourth-order valence-corrected chi connectivity index (χ4v) is 2.96. The van der Waals surface area contributed by atoms with Gasteiger partial charge in [-0.15, -0.1) is 0 Å². The number of carbonyl (C=O) groups excluding carboxylic acids is 1. The smallest absolute Gasteiger partial charge is 0.214 e. The minimum atomic E-state index is 0.324. The third-order valence-electron chi connectivity index (χ3n) is 4.27. The quantitative estimate of drug-likeness (QED) is 0.204. The summed E-state index contributed by atoms with van der Waals surface area (Å²) in [6.07, 6.45) is 19.5. The molecule has 0 aliphatic carbocycles. The number of hydrogen-bond donors (Lipinski definition) is 0. The Kier molecular flexibility index (Phi) is 15.5. The van der Waals surface area contributed by atoms with Crippen molar-refractivity contribution in [2.45, 2.75) is 104 Å². The molecule has 0 aromatic carbocycles. The number of hydrogen-bond acceptors (Lipinski definition) is 1. The highest BCUT2D eigenvalue weighted by atomic mass is 16.1. The first-order chi connectivity index (χ1) is 10.2. The van der Waals surface area contributed by atoms with Gasteiger partial charge < -0.3 is 4.79 Å². The van der Waals surface area contributed by atoms with Crippen LogP contribution in [0.15, 0.2) is 12.2 Å². The van der Waals surface area contributed by atoms with Gasteiger partial charge in [-0.25, -0.2) is 0 Å². The van der Waals surface area contributed by atoms with E-state index in [-0.39, 0.29) is 0 Å². The first-order valence-corrected chi connectivity index (χ1v) is 9.40. The van der Waals surface area contributed by atoms with E-state index in [0.29, 0.717) is 11.5 Å². The second-order valence-corrected chi connectivity index (χ2v) is 6.44. The highest BCUT2D eigenvalue weighted by Crippen LogP contribution is 2.23. The maximum atomic E-state index is 11.8. The van der Waals surface area contributed by atoms with E-state index in [2.05, 4.69) is 13.8 Å². The van der Waals surface area contributed by atoms with Gasteiger partial charge in [0.15, 0.2) is 0 Å². The third-order valence-corrected chi connectivity index (χ3v) is 4.27. The molecule has 0 atom stereocenters. The summed E-state index contributed by atoms with van der Waals surface area (Å²) in [5.41, 5.74) is 0.324. The Morgan fingerprint density at radius 2 is 1.33 bits per heavy atom. The Balaban J connectivity index is 3.93. The monoisotopic (exact) mass is 292 g/mol. The second-order valence-electron chi connectivity index (χ2n) is 6.44. The fraction of sp³-hybridized carbons (Fsp3) is 0.842. The molecule has 0 amide bonds. The predicted octanol–water partition coefficient (Wildman–Crippen LogP) is 6.04. The summed E-state index contributed by atoms with van der Waals surface area (Å²) in [5, 5.41) is 0. The second kappa shape index (κ2) is 15.9. The Morgan fingerprint density at radius 3 is 1.76 bits per heavy atom. The summed E-state index contributed by atoms with van der Waals surface area (Å²) < 4.78 is 0. The van der Waals surface area contributed by atoms with Crippen molar-refractivity contribution in [3.05, 3.63) is 12.2 Å². The van der Waals surface area contributed by atoms with Gasteiger partial charge in [0.25, 0.3) is 0 Å². The van der Waals surface area contributed by atoms with Gasteiger partial charge in [-0.2, -0.15) is 0 Å². The number of rotatable bonds is 15. The zero-order chi connectivity index (χ0) is 15.8. The molecule has 0 unspecified atom stereocenters. The molecular formula is C19H37BO. The Morgan fingerprint density at radius 1 is 0.857 bits per heavy atom. The van der Waals surface area contributed by atoms with Gasteiger partial charge in [0.1, 0.15) is 5.68 Å². The van der Waals surface area contributed by atoms with Crippen molar-refractivity contribution >= 4 is 13.0 Å². The van der Waals surface area contributed by atoms with Crippen LogP contribution in [0.3, 0.4) is 0 Å². The highest BCUT2D eigenvalue weighted by Gasteiger charge is 2.14. The number of unbranched alkanes of at least 4 members (excludes halogenated alkanes) is 8. The molecule has 0 aromatic rings. The summed E-state index contributed by atoms with van der Waals surface area (Å²) in [6.45, 7) is 6.45. The maximum Gasteiger partial charge on any atom is 0.214 e. The minimum Gasteiger partial charge on any atom is -0.307 e. The van der Waals surface area contributed by atoms with Crippen LogP contribution in [0.1, 0.15) is 97.8 Å². The molecule has 0 N–H and O–H groups in total. The van der Waals surface area contributed by atoms with E-state index in [1.165, 1.54) is 77.0 Å². The lowest BCUT2D eigenvalue weighted by atomic mass is 9.57. The molecule has 0 bridgehead atoms. The van der Waals surface area contributed by atoms with Gasteiger partial charge >= 0.3 is 0 Å². The van der Waals surface area contributed by atoms with E-state index in [9.17, 15) is 4.79 Å². The van der Waals surface area contributed by atoms with Crippen LogP contribution in [-0.2, 0) is 4.79 Å². The van der Waals surface area contributed by atoms with E-state index >= 15 is 0 Å². The molecule has 0 rings (SSSR count). The van der Waals surface area contributed by atoms with Crippen molar-refractivity contribution in [1.29, 1.82) is 0 Å². The van der Waals surface area contributed by atoms with Crippen molar-refractivity contribution in [3.8, 4) is 0 Å². The fourth-order valence-electron chi connectivity index (χ4n) is 2.96. The van der Waals surface area contributed by atoms with Crippen LogP contribution in [0.25, 0.3) is 0 Å². The van der Waals surface area contributed by atoms with Gasteiger partial charge in [-0.3, -0.25) is 0 Å². The molecule has 0 fully saturated rings. The van der Waals surface area contributed by atoms with Crippen molar-refractivity contribution in [2.75, 3.05) is 0 Å². The Bertz CT molecular complexity index is 246. The summed E-state index contributed by atoms with van der Waals surface area (Å²) in [7, 11) is 0.770. The first-order valence-electron chi connectivity index (χ1n) is 9.40. The van der Waals surface area contributed by atoms with E-state index in [1.54, 1.807) is 6.08 Å². The topological polar surface area (TPSA) is 17.1 Å². The van der Waals surface area contributed by atoms with Crippen molar-refractivity contribution in [2.24, 2.45) is 0 Å². The van der Waals surface area contributed by atoms with E-state index in [0.717, 1.165) is 7.28 Å². The Labute approximate surface area is 134 Å². The lowest BCUT2D eigenvalue weighted by Gasteiger charge is -2.14. The molecule has 0 saturated carbocycles. The van der Waals surface area contributed by atoms with Crippen LogP contribution in [0.5, 0.6) is 0 Å². The summed E-state index contributed by atoms with van der Waals surface area (Å²) >= 11 is 0. The zero-order valence-electron chi connectivity index (χ0n) is 14.8. The maximum absolute atomic E-state index is 11.8. The van der Waals surface area contributed by atoms with E-state index < -0.39 is 0 Å². The number of carbonyl (C=O) groups is 1. The van der Waals surface area contributed by atoms with Crippen LogP contribution in [0, 0.1) is 0 Å². The van der Waals surface area contributed by atoms with Gasteiger partial charge in [0, 0.05) is 0 Å². The molecule has 0 spiro atoms. The highest BCUT2D eigenvalue weighted by molar-refractivity contribution is 6.77. The van der Waals surface area contributed by atoms with Crippen molar-refractivity contribution < 1.29 is 4.79 Å². The van der Waals surface area contributed by atoms with E-state index in [1.807, 2.05) is 13.0 Å². The molecule has 0 radical (unpaired) electrons. The van der Waals surface area contributed by atoms with Crippen LogP contribution >= 0.6 is 0 Å². The van der Waals surface area contributed by atoms with Crippen molar-refractivity contribution in [3.63, 3.8) is 0 Å². The molecule has 122 valence electrons. The zero-order valence-corrected chi connectivity index (χ0v) is 14.8. The van der Waals surface area contributed by atoms with Gasteiger partial charge in [-0.1, -0.05) is 103 Å². The molecule has 0 aliphatic rings. The number of allylic oxidation sites excluding steroid dienone is 2. The van der Waals surface area contributed by atoms with Gasteiger partial charge in [0.2, 0.25) is 7.28 Å². The van der Waals surface area contributed by atoms with Crippen LogP contribution in [-0.4, -0.2) is 13.0 Å². The van der Waals surface area contributed by atoms with Crippen LogP contribution in [0.4, 0.5) is 0 Å². The lowest BCUT2D eigenvalue weighted by Crippen LogP contribution is -2.14. The lowest BCUT2D eigenvalue weighted by molar-refractivity contribution is -0.108. The molecule has 0 heterocycles. The van der Waals surface area contributed by atoms with Gasteiger partial charge in [0.05, 0.1) is 0 Å². The van der Waals surface area contributed by atoms with Crippen molar-refractivity contribution in [1.82, 2.24) is 0 Å². The predicted molar refractivity (Wildman–Crippen MR) is 97.5 cm³/mol. The average molecular weight is 292 g/mol. The first kappa shape index (κ1) is 20.5. The molecule has 0 aromatic heterocycles. The summed E-state index contributed by atoms with van der Waals surface area (Å²) in [5.74, 6) is 0.622.